The number of hydrogen-bond donors (Lipinski definition) is 0. The predicted molar refractivity (Wildman–Crippen MR) is 105 cm³/mol. The van der Waals surface area contributed by atoms with Crippen molar-refractivity contribution in [2.45, 2.75) is 76.9 Å². The van der Waals surface area contributed by atoms with E-state index in [1.165, 1.54) is 56.9 Å². The maximum Gasteiger partial charge on any atom is 0.188 e. The Balaban J connectivity index is 1.42. The molecule has 1 aromatic carbocycles. The molecule has 1 unspecified atom stereocenters. The van der Waals surface area contributed by atoms with E-state index in [1.807, 2.05) is 12.1 Å². The molecule has 0 spiro atoms. The maximum absolute atomic E-state index is 5.77. The van der Waals surface area contributed by atoms with Gasteiger partial charge in [0.2, 0.25) is 0 Å². The summed E-state index contributed by atoms with van der Waals surface area (Å²) < 4.78 is 22.0. The number of aryl methyl sites for hydroxylation is 1. The summed E-state index contributed by atoms with van der Waals surface area (Å²) >= 11 is 0. The normalized spacial score (nSPS) is 17.3. The Bertz CT molecular complexity index is 457. The van der Waals surface area contributed by atoms with Crippen molar-refractivity contribution >= 4 is 0 Å². The lowest BCUT2D eigenvalue weighted by atomic mass is 10.0. The van der Waals surface area contributed by atoms with Gasteiger partial charge in [-0.05, 0) is 50.2 Å². The largest absolute Gasteiger partial charge is 0.467 e. The van der Waals surface area contributed by atoms with Crippen molar-refractivity contribution in [3.05, 3.63) is 29.8 Å². The van der Waals surface area contributed by atoms with Gasteiger partial charge >= 0.3 is 0 Å². The smallest absolute Gasteiger partial charge is 0.188 e. The summed E-state index contributed by atoms with van der Waals surface area (Å²) in [5, 5.41) is 0. The Hall–Kier alpha value is -1.10. The molecule has 4 nitrogen and oxygen atoms in total. The zero-order chi connectivity index (χ0) is 18.3. The van der Waals surface area contributed by atoms with Crippen molar-refractivity contribution in [2.75, 3.05) is 27.1 Å². The van der Waals surface area contributed by atoms with E-state index in [0.717, 1.165) is 38.2 Å². The third-order valence-electron chi connectivity index (χ3n) is 4.84. The highest BCUT2D eigenvalue weighted by Gasteiger charge is 2.13. The fourth-order valence-corrected chi connectivity index (χ4v) is 3.33. The molecule has 1 aliphatic rings. The number of unbranched alkanes of at least 4 members (excludes halogenated alkanes) is 6. The Morgan fingerprint density at radius 2 is 1.73 bits per heavy atom. The molecule has 0 saturated carbocycles. The second kappa shape index (κ2) is 14.0. The third kappa shape index (κ3) is 9.02. The number of benzene rings is 1. The van der Waals surface area contributed by atoms with Crippen LogP contribution in [0.5, 0.6) is 5.75 Å². The van der Waals surface area contributed by atoms with E-state index in [4.69, 9.17) is 18.9 Å². The van der Waals surface area contributed by atoms with E-state index >= 15 is 0 Å². The van der Waals surface area contributed by atoms with Gasteiger partial charge in [-0.3, -0.25) is 0 Å². The summed E-state index contributed by atoms with van der Waals surface area (Å²) in [6, 6.07) is 8.27. The lowest BCUT2D eigenvalue weighted by molar-refractivity contribution is -0.162. The Morgan fingerprint density at radius 3 is 2.50 bits per heavy atom. The lowest BCUT2D eigenvalue weighted by Crippen LogP contribution is -2.22. The van der Waals surface area contributed by atoms with Crippen LogP contribution < -0.4 is 4.74 Å². The van der Waals surface area contributed by atoms with Gasteiger partial charge in [-0.15, -0.1) is 0 Å². The molecule has 0 radical (unpaired) electrons. The fraction of sp³-hybridized carbons (Fsp3) is 0.727. The molecule has 1 aromatic rings. The molecule has 0 bridgehead atoms. The average Bonchev–Trinajstić information content (AvgIpc) is 2.69. The van der Waals surface area contributed by atoms with E-state index in [-0.39, 0.29) is 6.29 Å². The second-order valence-electron chi connectivity index (χ2n) is 7.05. The van der Waals surface area contributed by atoms with Gasteiger partial charge in [0.05, 0.1) is 0 Å². The minimum Gasteiger partial charge on any atom is -0.467 e. The van der Waals surface area contributed by atoms with Gasteiger partial charge in [0.1, 0.15) is 5.75 Å². The van der Waals surface area contributed by atoms with Crippen molar-refractivity contribution in [1.29, 1.82) is 0 Å². The zero-order valence-electron chi connectivity index (χ0n) is 16.4. The standard InChI is InChI=1S/C22H36O4/c1-23-19-26-21-15-9-8-14-20(21)13-7-5-3-2-4-6-11-17-24-22-16-10-12-18-25-22/h8-9,14-15,22H,2-7,10-13,16-19H2,1H3. The first-order valence-corrected chi connectivity index (χ1v) is 10.3. The molecule has 4 heteroatoms. The van der Waals surface area contributed by atoms with Crippen LogP contribution in [-0.2, 0) is 20.6 Å². The minimum atomic E-state index is 0.0690. The summed E-state index contributed by atoms with van der Waals surface area (Å²) in [4.78, 5) is 0. The Labute approximate surface area is 159 Å². The average molecular weight is 365 g/mol. The summed E-state index contributed by atoms with van der Waals surface area (Å²) in [6.45, 7) is 2.03. The van der Waals surface area contributed by atoms with Crippen LogP contribution in [-0.4, -0.2) is 33.4 Å². The topological polar surface area (TPSA) is 36.9 Å². The van der Waals surface area contributed by atoms with Crippen LogP contribution in [0.1, 0.15) is 69.8 Å². The molecule has 0 aromatic heterocycles. The molecule has 1 aliphatic heterocycles. The van der Waals surface area contributed by atoms with Crippen molar-refractivity contribution < 1.29 is 18.9 Å². The molecule has 0 N–H and O–H groups in total. The predicted octanol–water partition coefficient (Wildman–Crippen LogP) is 5.49. The summed E-state index contributed by atoms with van der Waals surface area (Å²) in [5.74, 6) is 0.955. The van der Waals surface area contributed by atoms with Crippen molar-refractivity contribution in [3.63, 3.8) is 0 Å². The highest BCUT2D eigenvalue weighted by atomic mass is 16.7. The van der Waals surface area contributed by atoms with Crippen molar-refractivity contribution in [1.82, 2.24) is 0 Å². The number of rotatable bonds is 14. The molecule has 1 fully saturated rings. The summed E-state index contributed by atoms with van der Waals surface area (Å²) in [5.41, 5.74) is 1.28. The second-order valence-corrected chi connectivity index (χ2v) is 7.05. The van der Waals surface area contributed by atoms with E-state index in [2.05, 4.69) is 12.1 Å². The minimum absolute atomic E-state index is 0.0690. The van der Waals surface area contributed by atoms with Crippen LogP contribution in [0, 0.1) is 0 Å². The molecular weight excluding hydrogens is 328 g/mol. The molecule has 0 aliphatic carbocycles. The van der Waals surface area contributed by atoms with Gasteiger partial charge in [0, 0.05) is 20.3 Å². The molecule has 2 rings (SSSR count). The highest BCUT2D eigenvalue weighted by Crippen LogP contribution is 2.21. The number of ether oxygens (including phenoxy) is 4. The summed E-state index contributed by atoms with van der Waals surface area (Å²) in [7, 11) is 1.65. The first-order chi connectivity index (χ1) is 12.9. The maximum atomic E-state index is 5.77. The Kier molecular flexibility index (Phi) is 11.4. The number of para-hydroxylation sites is 1. The highest BCUT2D eigenvalue weighted by molar-refractivity contribution is 5.33. The third-order valence-corrected chi connectivity index (χ3v) is 4.84. The number of hydrogen-bond acceptors (Lipinski definition) is 4. The van der Waals surface area contributed by atoms with E-state index < -0.39 is 0 Å². The monoisotopic (exact) mass is 364 g/mol. The lowest BCUT2D eigenvalue weighted by Gasteiger charge is -2.22. The van der Waals surface area contributed by atoms with Gasteiger partial charge in [-0.1, -0.05) is 50.3 Å². The molecule has 148 valence electrons. The molecule has 26 heavy (non-hydrogen) atoms. The van der Waals surface area contributed by atoms with Gasteiger partial charge < -0.3 is 18.9 Å². The van der Waals surface area contributed by atoms with Crippen molar-refractivity contribution in [3.8, 4) is 5.75 Å². The SMILES string of the molecule is COCOc1ccccc1CCCCCCCCCOC1CCCCO1. The van der Waals surface area contributed by atoms with E-state index in [9.17, 15) is 0 Å². The van der Waals surface area contributed by atoms with Crippen LogP contribution in [0.25, 0.3) is 0 Å². The van der Waals surface area contributed by atoms with Crippen molar-refractivity contribution in [2.24, 2.45) is 0 Å². The van der Waals surface area contributed by atoms with E-state index in [1.54, 1.807) is 7.11 Å². The molecule has 1 heterocycles. The van der Waals surface area contributed by atoms with Gasteiger partial charge in [0.25, 0.3) is 0 Å². The zero-order valence-corrected chi connectivity index (χ0v) is 16.4. The van der Waals surface area contributed by atoms with Crippen LogP contribution in [0.2, 0.25) is 0 Å². The molecular formula is C22H36O4. The molecule has 0 amide bonds. The first kappa shape index (κ1) is 21.2. The van der Waals surface area contributed by atoms with Crippen LogP contribution >= 0.6 is 0 Å². The molecule has 1 atom stereocenters. The fourth-order valence-electron chi connectivity index (χ4n) is 3.33. The van der Waals surface area contributed by atoms with Crippen LogP contribution in [0.3, 0.4) is 0 Å². The quantitative estimate of drug-likeness (QED) is 0.323. The Morgan fingerprint density at radius 1 is 0.962 bits per heavy atom. The van der Waals surface area contributed by atoms with E-state index in [0.29, 0.717) is 6.79 Å². The van der Waals surface area contributed by atoms with Gasteiger partial charge in [-0.2, -0.15) is 0 Å². The van der Waals surface area contributed by atoms with Gasteiger partial charge in [0.15, 0.2) is 13.1 Å². The van der Waals surface area contributed by atoms with Crippen LogP contribution in [0.15, 0.2) is 24.3 Å². The number of methoxy groups -OCH3 is 1. The molecule has 1 saturated heterocycles. The van der Waals surface area contributed by atoms with Crippen LogP contribution in [0.4, 0.5) is 0 Å². The summed E-state index contributed by atoms with van der Waals surface area (Å²) in [6.07, 6.45) is 13.5. The van der Waals surface area contributed by atoms with Gasteiger partial charge in [-0.25, -0.2) is 0 Å². The first-order valence-electron chi connectivity index (χ1n) is 10.3.